The Bertz CT molecular complexity index is 640. The fourth-order valence-corrected chi connectivity index (χ4v) is 4.30. The number of hydrogen-bond donors (Lipinski definition) is 1. The zero-order valence-corrected chi connectivity index (χ0v) is 14.6. The van der Waals surface area contributed by atoms with E-state index in [9.17, 15) is 4.79 Å². The van der Waals surface area contributed by atoms with Crippen molar-refractivity contribution in [1.82, 2.24) is 20.1 Å². The van der Waals surface area contributed by atoms with Crippen molar-refractivity contribution >= 4 is 34.3 Å². The Balaban J connectivity index is 1.51. The van der Waals surface area contributed by atoms with Gasteiger partial charge in [-0.05, 0) is 42.2 Å². The van der Waals surface area contributed by atoms with E-state index in [2.05, 4.69) is 39.6 Å². The van der Waals surface area contributed by atoms with Gasteiger partial charge in [-0.2, -0.15) is 0 Å². The number of piperidine rings is 1. The van der Waals surface area contributed by atoms with Gasteiger partial charge >= 0.3 is 6.03 Å². The molecule has 8 heteroatoms. The van der Waals surface area contributed by atoms with Crippen LogP contribution < -0.4 is 5.32 Å². The first-order valence-corrected chi connectivity index (χ1v) is 9.48. The molecule has 0 atom stereocenters. The molecule has 0 bridgehead atoms. The molecule has 3 heterocycles. The summed E-state index contributed by atoms with van der Waals surface area (Å²) >= 11 is 3.05. The number of anilines is 1. The first-order valence-electron chi connectivity index (χ1n) is 7.68. The van der Waals surface area contributed by atoms with Crippen molar-refractivity contribution in [3.8, 4) is 0 Å². The molecule has 2 aromatic heterocycles. The number of urea groups is 1. The third kappa shape index (κ3) is 4.20. The number of likely N-dealkylation sites (tertiary alicyclic amines) is 1. The Kier molecular flexibility index (Phi) is 5.45. The summed E-state index contributed by atoms with van der Waals surface area (Å²) in [6.45, 7) is 3.58. The number of aromatic nitrogens is 3. The number of pyridine rings is 1. The summed E-state index contributed by atoms with van der Waals surface area (Å²) in [6, 6.07) is 4.05. The van der Waals surface area contributed by atoms with Crippen molar-refractivity contribution in [1.29, 1.82) is 0 Å². The van der Waals surface area contributed by atoms with E-state index in [4.69, 9.17) is 0 Å². The Morgan fingerprint density at radius 1 is 1.35 bits per heavy atom. The summed E-state index contributed by atoms with van der Waals surface area (Å²) in [4.78, 5) is 18.2. The van der Waals surface area contributed by atoms with Gasteiger partial charge in [0, 0.05) is 25.5 Å². The lowest BCUT2D eigenvalue weighted by atomic mass is 9.90. The van der Waals surface area contributed by atoms with Gasteiger partial charge in [-0.3, -0.25) is 10.3 Å². The number of rotatable bonds is 4. The quantitative estimate of drug-likeness (QED) is 0.676. The van der Waals surface area contributed by atoms with Crippen molar-refractivity contribution in [2.45, 2.75) is 30.0 Å². The maximum absolute atomic E-state index is 12.3. The number of hydrogen-bond acceptors (Lipinski definition) is 6. The molecular weight excluding hydrogens is 330 g/mol. The Hall–Kier alpha value is -1.67. The van der Waals surface area contributed by atoms with Crippen LogP contribution in [0.15, 0.2) is 28.9 Å². The van der Waals surface area contributed by atoms with Crippen molar-refractivity contribution < 1.29 is 4.79 Å². The average Bonchev–Trinajstić information content (AvgIpc) is 3.03. The predicted octanol–water partition coefficient (Wildman–Crippen LogP) is 3.46. The zero-order valence-electron chi connectivity index (χ0n) is 12.9. The fourth-order valence-electron chi connectivity index (χ4n) is 2.66. The number of amides is 2. The standard InChI is InChI=1S/C15H19N5OS2/c1-2-22-15-19-18-13(23-15)17-14(21)20-9-5-12(6-10-20)11-3-7-16-8-4-11/h3-4,7-8,12H,2,5-6,9-10H2,1H3,(H,17,18,21). The highest BCUT2D eigenvalue weighted by Crippen LogP contribution is 2.28. The Morgan fingerprint density at radius 3 is 2.78 bits per heavy atom. The van der Waals surface area contributed by atoms with Gasteiger partial charge in [0.15, 0.2) is 4.34 Å². The minimum atomic E-state index is -0.0811. The molecule has 122 valence electrons. The summed E-state index contributed by atoms with van der Waals surface area (Å²) < 4.78 is 0.888. The van der Waals surface area contributed by atoms with E-state index in [1.165, 1.54) is 16.9 Å². The SMILES string of the molecule is CCSc1nnc(NC(=O)N2CCC(c3ccncc3)CC2)s1. The van der Waals surface area contributed by atoms with Gasteiger partial charge in [0.25, 0.3) is 0 Å². The lowest BCUT2D eigenvalue weighted by molar-refractivity contribution is 0.194. The van der Waals surface area contributed by atoms with E-state index < -0.39 is 0 Å². The molecule has 1 N–H and O–H groups in total. The first kappa shape index (κ1) is 16.2. The highest BCUT2D eigenvalue weighted by atomic mass is 32.2. The Labute approximate surface area is 143 Å². The van der Waals surface area contributed by atoms with Crippen LogP contribution in [-0.2, 0) is 0 Å². The fraction of sp³-hybridized carbons (Fsp3) is 0.467. The maximum atomic E-state index is 12.3. The smallest absolute Gasteiger partial charge is 0.323 e. The van der Waals surface area contributed by atoms with Crippen LogP contribution in [0, 0.1) is 0 Å². The van der Waals surface area contributed by atoms with Crippen LogP contribution in [0.5, 0.6) is 0 Å². The molecule has 0 unspecified atom stereocenters. The molecule has 1 fully saturated rings. The van der Waals surface area contributed by atoms with Crippen LogP contribution >= 0.6 is 23.1 Å². The molecule has 1 saturated heterocycles. The third-order valence-electron chi connectivity index (χ3n) is 3.85. The summed E-state index contributed by atoms with van der Waals surface area (Å²) in [6.07, 6.45) is 5.61. The van der Waals surface area contributed by atoms with Gasteiger partial charge in [0.05, 0.1) is 0 Å². The van der Waals surface area contributed by atoms with Gasteiger partial charge in [0.2, 0.25) is 5.13 Å². The first-order chi connectivity index (χ1) is 11.3. The highest BCUT2D eigenvalue weighted by Gasteiger charge is 2.24. The van der Waals surface area contributed by atoms with Crippen molar-refractivity contribution in [3.63, 3.8) is 0 Å². The van der Waals surface area contributed by atoms with E-state index in [0.29, 0.717) is 11.0 Å². The topological polar surface area (TPSA) is 71.0 Å². The molecular formula is C15H19N5OS2. The molecule has 1 aliphatic heterocycles. The second kappa shape index (κ2) is 7.74. The number of nitrogens with zero attached hydrogens (tertiary/aromatic N) is 4. The second-order valence-corrected chi connectivity index (χ2v) is 7.77. The van der Waals surface area contributed by atoms with Crippen molar-refractivity contribution in [2.75, 3.05) is 24.2 Å². The number of thioether (sulfide) groups is 1. The van der Waals surface area contributed by atoms with Gasteiger partial charge in [-0.25, -0.2) is 4.79 Å². The molecule has 3 rings (SSSR count). The number of carbonyl (C=O) groups is 1. The van der Waals surface area contributed by atoms with Crippen LogP contribution in [0.4, 0.5) is 9.93 Å². The monoisotopic (exact) mass is 349 g/mol. The largest absolute Gasteiger partial charge is 0.324 e. The molecule has 0 saturated carbocycles. The Morgan fingerprint density at radius 2 is 2.09 bits per heavy atom. The highest BCUT2D eigenvalue weighted by molar-refractivity contribution is 8.01. The molecule has 2 amide bonds. The molecule has 6 nitrogen and oxygen atoms in total. The summed E-state index contributed by atoms with van der Waals surface area (Å²) in [5.41, 5.74) is 1.31. The van der Waals surface area contributed by atoms with Gasteiger partial charge in [-0.1, -0.05) is 30.0 Å². The maximum Gasteiger partial charge on any atom is 0.323 e. The summed E-state index contributed by atoms with van der Waals surface area (Å²) in [5.74, 6) is 1.46. The number of nitrogens with one attached hydrogen (secondary N) is 1. The van der Waals surface area contributed by atoms with Crippen LogP contribution in [0.3, 0.4) is 0 Å². The van der Waals surface area contributed by atoms with Crippen LogP contribution in [-0.4, -0.2) is 45.0 Å². The minimum Gasteiger partial charge on any atom is -0.324 e. The minimum absolute atomic E-state index is 0.0811. The van der Waals surface area contributed by atoms with E-state index >= 15 is 0 Å². The van der Waals surface area contributed by atoms with E-state index in [0.717, 1.165) is 36.0 Å². The van der Waals surface area contributed by atoms with Gasteiger partial charge in [-0.15, -0.1) is 10.2 Å². The van der Waals surface area contributed by atoms with E-state index in [-0.39, 0.29) is 6.03 Å². The average molecular weight is 349 g/mol. The van der Waals surface area contributed by atoms with Crippen LogP contribution in [0.2, 0.25) is 0 Å². The molecule has 0 aromatic carbocycles. The molecule has 1 aliphatic rings. The second-order valence-electron chi connectivity index (χ2n) is 5.28. The summed E-state index contributed by atoms with van der Waals surface area (Å²) in [7, 11) is 0. The zero-order chi connectivity index (χ0) is 16.1. The molecule has 23 heavy (non-hydrogen) atoms. The van der Waals surface area contributed by atoms with Crippen molar-refractivity contribution in [2.24, 2.45) is 0 Å². The van der Waals surface area contributed by atoms with Gasteiger partial charge < -0.3 is 4.90 Å². The van der Waals surface area contributed by atoms with Crippen LogP contribution in [0.25, 0.3) is 0 Å². The van der Waals surface area contributed by atoms with E-state index in [1.54, 1.807) is 11.8 Å². The number of carbonyl (C=O) groups excluding carboxylic acids is 1. The predicted molar refractivity (Wildman–Crippen MR) is 93.1 cm³/mol. The molecule has 0 spiro atoms. The van der Waals surface area contributed by atoms with E-state index in [1.807, 2.05) is 17.3 Å². The lowest BCUT2D eigenvalue weighted by Crippen LogP contribution is -2.40. The van der Waals surface area contributed by atoms with Gasteiger partial charge in [0.1, 0.15) is 0 Å². The van der Waals surface area contributed by atoms with Crippen LogP contribution in [0.1, 0.15) is 31.2 Å². The molecule has 2 aromatic rings. The van der Waals surface area contributed by atoms with Crippen molar-refractivity contribution in [3.05, 3.63) is 30.1 Å². The molecule has 0 radical (unpaired) electrons. The third-order valence-corrected chi connectivity index (χ3v) is 5.70. The lowest BCUT2D eigenvalue weighted by Gasteiger charge is -2.31. The normalized spacial score (nSPS) is 15.6. The molecule has 0 aliphatic carbocycles. The summed E-state index contributed by atoms with van der Waals surface area (Å²) in [5, 5.41) is 11.5.